The number of halogens is 1. The molecular weight excluding hydrogens is 240 g/mol. The molecule has 17 heavy (non-hydrogen) atoms. The molecule has 0 saturated heterocycles. The molecule has 1 aromatic carbocycles. The Morgan fingerprint density at radius 1 is 1.53 bits per heavy atom. The van der Waals surface area contributed by atoms with Crippen LogP contribution in [0.5, 0.6) is 0 Å². The van der Waals surface area contributed by atoms with Crippen molar-refractivity contribution < 1.29 is 0 Å². The normalized spacial score (nSPS) is 9.88. The Labute approximate surface area is 102 Å². The van der Waals surface area contributed by atoms with Gasteiger partial charge in [-0.3, -0.25) is 5.10 Å². The van der Waals surface area contributed by atoms with Crippen LogP contribution in [-0.2, 0) is 6.54 Å². The molecule has 0 aliphatic carbocycles. The van der Waals surface area contributed by atoms with Gasteiger partial charge < -0.3 is 11.1 Å². The van der Waals surface area contributed by atoms with E-state index in [1.807, 2.05) is 6.07 Å². The second-order valence-corrected chi connectivity index (χ2v) is 3.71. The highest BCUT2D eigenvalue weighted by atomic mass is 35.5. The Hall–Kier alpha value is -2.26. The van der Waals surface area contributed by atoms with Crippen molar-refractivity contribution >= 4 is 23.2 Å². The quantitative estimate of drug-likeness (QED) is 0.764. The zero-order valence-corrected chi connectivity index (χ0v) is 9.49. The second kappa shape index (κ2) is 4.72. The van der Waals surface area contributed by atoms with Gasteiger partial charge in [0.2, 0.25) is 5.95 Å². The van der Waals surface area contributed by atoms with Crippen molar-refractivity contribution in [3.63, 3.8) is 0 Å². The van der Waals surface area contributed by atoms with Gasteiger partial charge in [-0.2, -0.15) is 10.2 Å². The molecule has 0 fully saturated rings. The predicted molar refractivity (Wildman–Crippen MR) is 64.3 cm³/mol. The number of aromatic nitrogens is 3. The van der Waals surface area contributed by atoms with E-state index in [4.69, 9.17) is 22.6 Å². The molecule has 0 radical (unpaired) electrons. The number of nitrogens with two attached hydrogens (primary N) is 1. The molecule has 0 spiro atoms. The molecule has 0 amide bonds. The van der Waals surface area contributed by atoms with Crippen LogP contribution in [0.1, 0.15) is 11.4 Å². The fourth-order valence-corrected chi connectivity index (χ4v) is 1.51. The Bertz CT molecular complexity index is 570. The lowest BCUT2D eigenvalue weighted by atomic mass is 10.2. The number of benzene rings is 1. The molecule has 2 aromatic rings. The Morgan fingerprint density at radius 2 is 2.35 bits per heavy atom. The minimum absolute atomic E-state index is 0.208. The number of nitrogen functional groups attached to an aromatic ring is 1. The van der Waals surface area contributed by atoms with Crippen LogP contribution >= 0.6 is 11.6 Å². The zero-order chi connectivity index (χ0) is 12.3. The molecule has 0 aliphatic heterocycles. The van der Waals surface area contributed by atoms with Crippen molar-refractivity contribution in [3.8, 4) is 6.07 Å². The van der Waals surface area contributed by atoms with E-state index in [0.717, 1.165) is 5.69 Å². The van der Waals surface area contributed by atoms with Gasteiger partial charge in [-0.05, 0) is 18.2 Å². The van der Waals surface area contributed by atoms with Gasteiger partial charge in [-0.1, -0.05) is 11.6 Å². The van der Waals surface area contributed by atoms with Crippen molar-refractivity contribution in [2.24, 2.45) is 0 Å². The zero-order valence-electron chi connectivity index (χ0n) is 8.74. The summed E-state index contributed by atoms with van der Waals surface area (Å²) in [5.74, 6) is 0.836. The van der Waals surface area contributed by atoms with Gasteiger partial charge in [0.1, 0.15) is 11.9 Å². The second-order valence-electron chi connectivity index (χ2n) is 3.30. The van der Waals surface area contributed by atoms with E-state index in [9.17, 15) is 0 Å². The van der Waals surface area contributed by atoms with Crippen LogP contribution in [0.2, 0.25) is 5.02 Å². The van der Waals surface area contributed by atoms with Gasteiger partial charge in [-0.25, -0.2) is 0 Å². The molecule has 0 unspecified atom stereocenters. The van der Waals surface area contributed by atoms with Crippen LogP contribution in [0, 0.1) is 11.3 Å². The van der Waals surface area contributed by atoms with Crippen LogP contribution < -0.4 is 11.1 Å². The van der Waals surface area contributed by atoms with Crippen molar-refractivity contribution in [3.05, 3.63) is 34.6 Å². The van der Waals surface area contributed by atoms with Crippen molar-refractivity contribution in [1.29, 1.82) is 5.26 Å². The van der Waals surface area contributed by atoms with Crippen LogP contribution in [0.15, 0.2) is 18.2 Å². The molecule has 86 valence electrons. The Balaban J connectivity index is 2.05. The molecule has 1 aromatic heterocycles. The molecule has 4 N–H and O–H groups in total. The summed E-state index contributed by atoms with van der Waals surface area (Å²) in [6, 6.07) is 7.10. The summed E-state index contributed by atoms with van der Waals surface area (Å²) in [5, 5.41) is 18.6. The highest BCUT2D eigenvalue weighted by Gasteiger charge is 2.02. The van der Waals surface area contributed by atoms with E-state index in [1.54, 1.807) is 18.2 Å². The minimum atomic E-state index is 0.208. The first-order chi connectivity index (χ1) is 8.19. The van der Waals surface area contributed by atoms with E-state index in [-0.39, 0.29) is 5.95 Å². The number of rotatable bonds is 3. The first kappa shape index (κ1) is 11.2. The largest absolute Gasteiger partial charge is 0.378 e. The summed E-state index contributed by atoms with van der Waals surface area (Å²) in [7, 11) is 0. The maximum Gasteiger partial charge on any atom is 0.239 e. The third kappa shape index (κ3) is 2.65. The lowest BCUT2D eigenvalue weighted by Gasteiger charge is -2.04. The molecule has 2 rings (SSSR count). The van der Waals surface area contributed by atoms with Crippen LogP contribution in [0.3, 0.4) is 0 Å². The van der Waals surface area contributed by atoms with Crippen molar-refractivity contribution in [2.45, 2.75) is 6.54 Å². The van der Waals surface area contributed by atoms with Crippen LogP contribution in [0.25, 0.3) is 0 Å². The lowest BCUT2D eigenvalue weighted by molar-refractivity contribution is 0.955. The fourth-order valence-electron chi connectivity index (χ4n) is 1.29. The average Bonchev–Trinajstić information content (AvgIpc) is 2.73. The van der Waals surface area contributed by atoms with Gasteiger partial charge in [-0.15, -0.1) is 5.10 Å². The van der Waals surface area contributed by atoms with E-state index >= 15 is 0 Å². The summed E-state index contributed by atoms with van der Waals surface area (Å²) in [6.07, 6.45) is 0. The monoisotopic (exact) mass is 248 g/mol. The minimum Gasteiger partial charge on any atom is -0.378 e. The molecular formula is C10H9ClN6. The third-order valence-electron chi connectivity index (χ3n) is 2.10. The van der Waals surface area contributed by atoms with Gasteiger partial charge >= 0.3 is 0 Å². The van der Waals surface area contributed by atoms with Gasteiger partial charge in [0.15, 0.2) is 0 Å². The number of nitrogens with zero attached hydrogens (tertiary/aromatic N) is 3. The maximum atomic E-state index is 8.73. The van der Waals surface area contributed by atoms with Crippen molar-refractivity contribution in [1.82, 2.24) is 15.2 Å². The topological polar surface area (TPSA) is 103 Å². The highest BCUT2D eigenvalue weighted by molar-refractivity contribution is 6.32. The van der Waals surface area contributed by atoms with E-state index in [2.05, 4.69) is 20.5 Å². The number of anilines is 2. The summed E-state index contributed by atoms with van der Waals surface area (Å²) >= 11 is 5.90. The number of hydrogen-bond donors (Lipinski definition) is 3. The smallest absolute Gasteiger partial charge is 0.239 e. The molecule has 0 atom stereocenters. The number of nitriles is 1. The number of H-pyrrole nitrogens is 1. The summed E-state index contributed by atoms with van der Waals surface area (Å²) in [6.45, 7) is 0.451. The predicted octanol–water partition coefficient (Wildman–Crippen LogP) is 1.52. The van der Waals surface area contributed by atoms with Crippen LogP contribution in [-0.4, -0.2) is 15.2 Å². The van der Waals surface area contributed by atoms with E-state index in [1.165, 1.54) is 0 Å². The van der Waals surface area contributed by atoms with Crippen LogP contribution in [0.4, 0.5) is 11.6 Å². The third-order valence-corrected chi connectivity index (χ3v) is 2.41. The summed E-state index contributed by atoms with van der Waals surface area (Å²) in [5.41, 5.74) is 6.61. The summed E-state index contributed by atoms with van der Waals surface area (Å²) in [4.78, 5) is 3.95. The molecule has 0 saturated carbocycles. The van der Waals surface area contributed by atoms with Gasteiger partial charge in [0.25, 0.3) is 0 Å². The van der Waals surface area contributed by atoms with Crippen molar-refractivity contribution in [2.75, 3.05) is 11.1 Å². The maximum absolute atomic E-state index is 8.73. The first-order valence-electron chi connectivity index (χ1n) is 4.79. The highest BCUT2D eigenvalue weighted by Crippen LogP contribution is 2.20. The van der Waals surface area contributed by atoms with Gasteiger partial charge in [0.05, 0.1) is 17.1 Å². The molecule has 0 bridgehead atoms. The first-order valence-corrected chi connectivity index (χ1v) is 5.17. The average molecular weight is 249 g/mol. The number of hydrogen-bond acceptors (Lipinski definition) is 5. The molecule has 7 heteroatoms. The number of nitrogens with one attached hydrogen (secondary N) is 2. The molecule has 1 heterocycles. The summed E-state index contributed by atoms with van der Waals surface area (Å²) < 4.78 is 0. The fraction of sp³-hybridized carbons (Fsp3) is 0.100. The van der Waals surface area contributed by atoms with E-state index in [0.29, 0.717) is 23.0 Å². The Kier molecular flexibility index (Phi) is 3.12. The molecule has 0 aliphatic rings. The lowest BCUT2D eigenvalue weighted by Crippen LogP contribution is -2.01. The molecule has 6 nitrogen and oxygen atoms in total. The SMILES string of the molecule is N#Cc1ccc(NCc2nc(N)n[nH]2)cc1Cl. The number of aromatic amines is 1. The standard InChI is InChI=1S/C10H9ClN6/c11-8-3-7(2-1-6(8)4-12)14-5-9-15-10(13)17-16-9/h1-3,14H,5H2,(H3,13,15,16,17). The van der Waals surface area contributed by atoms with Gasteiger partial charge in [0, 0.05) is 5.69 Å². The Morgan fingerprint density at radius 3 is 2.94 bits per heavy atom. The van der Waals surface area contributed by atoms with E-state index < -0.39 is 0 Å².